The molecule has 3 fully saturated rings. The van der Waals surface area contributed by atoms with Gasteiger partial charge in [0.25, 0.3) is 0 Å². The first-order valence-electron chi connectivity index (χ1n) is 13.7. The molecule has 2 saturated heterocycles. The van der Waals surface area contributed by atoms with E-state index < -0.39 is 6.10 Å². The second-order valence-corrected chi connectivity index (χ2v) is 11.3. The summed E-state index contributed by atoms with van der Waals surface area (Å²) in [7, 11) is 1.60. The molecule has 0 bridgehead atoms. The summed E-state index contributed by atoms with van der Waals surface area (Å²) in [5.74, 6) is 8.63. The topological polar surface area (TPSA) is 110 Å². The number of nitrogens with zero attached hydrogens (tertiary/aromatic N) is 5. The third kappa shape index (κ3) is 4.92. The van der Waals surface area contributed by atoms with E-state index in [1.807, 2.05) is 18.2 Å². The fraction of sp³-hybridized carbons (Fsp3) is 0.433. The van der Waals surface area contributed by atoms with Crippen LogP contribution in [-0.2, 0) is 11.3 Å². The normalized spacial score (nSPS) is 21.5. The highest BCUT2D eigenvalue weighted by atomic mass is 35.5. The maximum Gasteiger partial charge on any atom is 0.246 e. The van der Waals surface area contributed by atoms with Crippen LogP contribution in [0.4, 0.5) is 5.82 Å². The predicted molar refractivity (Wildman–Crippen MR) is 155 cm³/mol. The summed E-state index contributed by atoms with van der Waals surface area (Å²) >= 11 is 6.35. The van der Waals surface area contributed by atoms with Gasteiger partial charge in [-0.1, -0.05) is 30.2 Å². The average Bonchev–Trinajstić information content (AvgIpc) is 3.70. The molecule has 1 aliphatic carbocycles. The Morgan fingerprint density at radius 2 is 2.08 bits per heavy atom. The number of nitrogen functional groups attached to an aromatic ring is 1. The summed E-state index contributed by atoms with van der Waals surface area (Å²) < 4.78 is 7.71. The maximum absolute atomic E-state index is 11.9. The van der Waals surface area contributed by atoms with Crippen LogP contribution in [0, 0.1) is 23.7 Å². The van der Waals surface area contributed by atoms with Crippen LogP contribution in [0.25, 0.3) is 22.2 Å². The van der Waals surface area contributed by atoms with Crippen LogP contribution in [0.2, 0.25) is 5.02 Å². The Morgan fingerprint density at radius 3 is 2.77 bits per heavy atom. The molecule has 3 aromatic rings. The molecule has 0 radical (unpaired) electrons. The number of carbonyl (C=O) groups excluding carboxylic acids is 1. The molecule has 40 heavy (non-hydrogen) atoms. The first-order chi connectivity index (χ1) is 19.4. The van der Waals surface area contributed by atoms with Gasteiger partial charge in [-0.15, -0.1) is 0 Å². The van der Waals surface area contributed by atoms with Crippen LogP contribution in [0.1, 0.15) is 25.0 Å². The molecule has 10 heteroatoms. The lowest BCUT2D eigenvalue weighted by atomic mass is 9.91. The number of carbonyl (C=O) groups is 1. The number of likely N-dealkylation sites (tertiary alicyclic amines) is 2. The number of hydrogen-bond acceptors (Lipinski definition) is 7. The van der Waals surface area contributed by atoms with E-state index in [2.05, 4.69) is 37.9 Å². The summed E-state index contributed by atoms with van der Waals surface area (Å²) in [4.78, 5) is 24.8. The van der Waals surface area contributed by atoms with E-state index in [4.69, 9.17) is 22.1 Å². The number of rotatable bonds is 6. The van der Waals surface area contributed by atoms with Crippen molar-refractivity contribution in [3.8, 4) is 28.7 Å². The van der Waals surface area contributed by atoms with Crippen LogP contribution in [0.3, 0.4) is 0 Å². The van der Waals surface area contributed by atoms with Crippen LogP contribution < -0.4 is 10.5 Å². The highest BCUT2D eigenvalue weighted by Crippen LogP contribution is 2.41. The molecular formula is C30H33ClN6O3. The van der Waals surface area contributed by atoms with Crippen molar-refractivity contribution in [3.05, 3.63) is 47.9 Å². The van der Waals surface area contributed by atoms with E-state index in [1.165, 1.54) is 25.2 Å². The standard InChI is InChI=1S/C30H33ClN6O3/c1-3-26(39)35-11-10-22(24(38)16-35)36-13-19(14-36)6-9-23-27(20-7-8-21(31)25(12-20)40-2)28-29(32)33-17-34-30(28)37(23)15-18-4-5-18/h3,7-8,12,17-19,22,24,38H,1,4-5,10-11,13-16H2,2H3,(H2,32,33,34)/t22-,24+/m0/s1. The van der Waals surface area contributed by atoms with Gasteiger partial charge in [0.15, 0.2) is 0 Å². The fourth-order valence-electron chi connectivity index (χ4n) is 5.88. The van der Waals surface area contributed by atoms with Gasteiger partial charge in [0, 0.05) is 50.2 Å². The minimum atomic E-state index is -0.583. The highest BCUT2D eigenvalue weighted by molar-refractivity contribution is 6.32. The largest absolute Gasteiger partial charge is 0.495 e. The van der Waals surface area contributed by atoms with Crippen molar-refractivity contribution >= 4 is 34.4 Å². The number of hydrogen-bond donors (Lipinski definition) is 2. The van der Waals surface area contributed by atoms with E-state index in [1.54, 1.807) is 12.0 Å². The Bertz CT molecular complexity index is 1530. The maximum atomic E-state index is 11.9. The molecule has 0 unspecified atom stereocenters. The van der Waals surface area contributed by atoms with Gasteiger partial charge >= 0.3 is 0 Å². The zero-order chi connectivity index (χ0) is 28.0. The lowest BCUT2D eigenvalue weighted by Crippen LogP contribution is -2.61. The zero-order valence-corrected chi connectivity index (χ0v) is 23.3. The van der Waals surface area contributed by atoms with E-state index in [-0.39, 0.29) is 17.9 Å². The Labute approximate surface area is 238 Å². The van der Waals surface area contributed by atoms with Crippen LogP contribution in [0.15, 0.2) is 37.2 Å². The molecule has 1 aromatic carbocycles. The van der Waals surface area contributed by atoms with Gasteiger partial charge in [0.1, 0.15) is 29.2 Å². The van der Waals surface area contributed by atoms with E-state index in [0.717, 1.165) is 53.9 Å². The molecule has 1 saturated carbocycles. The van der Waals surface area contributed by atoms with E-state index >= 15 is 0 Å². The van der Waals surface area contributed by atoms with Gasteiger partial charge in [-0.05, 0) is 54.9 Å². The molecule has 208 valence electrons. The first-order valence-corrected chi connectivity index (χ1v) is 14.1. The summed E-state index contributed by atoms with van der Waals surface area (Å²) in [6, 6.07) is 5.71. The van der Waals surface area contributed by atoms with E-state index in [0.29, 0.717) is 35.6 Å². The minimum Gasteiger partial charge on any atom is -0.495 e. The number of aliphatic hydroxyl groups is 1. The quantitative estimate of drug-likeness (QED) is 0.352. The van der Waals surface area contributed by atoms with Crippen molar-refractivity contribution in [1.29, 1.82) is 0 Å². The molecule has 2 aliphatic heterocycles. The Kier molecular flexibility index (Phi) is 7.17. The molecule has 3 N–H and O–H groups in total. The predicted octanol–water partition coefficient (Wildman–Crippen LogP) is 3.18. The Morgan fingerprint density at radius 1 is 1.27 bits per heavy atom. The number of anilines is 1. The fourth-order valence-corrected chi connectivity index (χ4v) is 6.07. The molecule has 2 atom stereocenters. The van der Waals surface area contributed by atoms with Gasteiger partial charge in [0.05, 0.1) is 23.6 Å². The van der Waals surface area contributed by atoms with E-state index in [9.17, 15) is 9.90 Å². The van der Waals surface area contributed by atoms with Gasteiger partial charge in [0.2, 0.25) is 5.91 Å². The number of amides is 1. The third-order valence-electron chi connectivity index (χ3n) is 8.25. The van der Waals surface area contributed by atoms with Crippen LogP contribution >= 0.6 is 11.6 Å². The molecule has 0 spiro atoms. The van der Waals surface area contributed by atoms with Crippen molar-refractivity contribution in [2.45, 2.75) is 38.0 Å². The molecule has 9 nitrogen and oxygen atoms in total. The summed E-state index contributed by atoms with van der Waals surface area (Å²) in [6.07, 6.45) is 5.34. The highest BCUT2D eigenvalue weighted by Gasteiger charge is 2.39. The van der Waals surface area contributed by atoms with Gasteiger partial charge in [-0.2, -0.15) is 0 Å². The Hall–Kier alpha value is -3.58. The zero-order valence-electron chi connectivity index (χ0n) is 22.5. The van der Waals surface area contributed by atoms with Gasteiger partial charge < -0.3 is 25.0 Å². The van der Waals surface area contributed by atoms with Crippen molar-refractivity contribution in [2.24, 2.45) is 11.8 Å². The van der Waals surface area contributed by atoms with Crippen molar-refractivity contribution < 1.29 is 14.6 Å². The monoisotopic (exact) mass is 560 g/mol. The van der Waals surface area contributed by atoms with Crippen molar-refractivity contribution in [2.75, 3.05) is 39.0 Å². The number of β-amino-alcohol motifs (C(OH)–C–C–N with tert-alkyl or cyclic N) is 1. The number of ether oxygens (including phenoxy) is 1. The second-order valence-electron chi connectivity index (χ2n) is 10.9. The average molecular weight is 561 g/mol. The lowest BCUT2D eigenvalue weighted by molar-refractivity contribution is -0.132. The van der Waals surface area contributed by atoms with Crippen molar-refractivity contribution in [3.63, 3.8) is 0 Å². The second kappa shape index (κ2) is 10.8. The number of fused-ring (bicyclic) bond motifs is 1. The number of aliphatic hydroxyl groups excluding tert-OH is 1. The van der Waals surface area contributed by atoms with Gasteiger partial charge in [-0.25, -0.2) is 9.97 Å². The molecule has 4 heterocycles. The first kappa shape index (κ1) is 26.6. The molecule has 1 amide bonds. The number of nitrogens with two attached hydrogens (primary N) is 1. The molecule has 2 aromatic heterocycles. The van der Waals surface area contributed by atoms with Gasteiger partial charge in [-0.3, -0.25) is 9.69 Å². The summed E-state index contributed by atoms with van der Waals surface area (Å²) in [5, 5.41) is 12.0. The number of piperidine rings is 1. The summed E-state index contributed by atoms with van der Waals surface area (Å²) in [5.41, 5.74) is 9.88. The number of halogens is 1. The molecule has 6 rings (SSSR count). The van der Waals surface area contributed by atoms with Crippen LogP contribution in [-0.4, -0.2) is 80.8 Å². The van der Waals surface area contributed by atoms with Crippen LogP contribution in [0.5, 0.6) is 5.75 Å². The summed E-state index contributed by atoms with van der Waals surface area (Å²) in [6.45, 7) is 6.89. The number of aromatic nitrogens is 3. The number of methoxy groups -OCH3 is 1. The smallest absolute Gasteiger partial charge is 0.246 e. The number of benzene rings is 1. The van der Waals surface area contributed by atoms with Crippen molar-refractivity contribution in [1.82, 2.24) is 24.3 Å². The minimum absolute atomic E-state index is 0.0281. The molecular weight excluding hydrogens is 528 g/mol. The lowest BCUT2D eigenvalue weighted by Gasteiger charge is -2.47. The third-order valence-corrected chi connectivity index (χ3v) is 8.56. The Balaban J connectivity index is 1.31. The SMILES string of the molecule is C=CC(=O)N1CC[C@H](N2CC(C#Cc3c(-c4ccc(Cl)c(OC)c4)c4c(N)ncnc4n3CC3CC3)C2)[C@H](O)C1. The molecule has 3 aliphatic rings.